The van der Waals surface area contributed by atoms with Crippen molar-refractivity contribution in [1.29, 1.82) is 0 Å². The number of anilines is 2. The van der Waals surface area contributed by atoms with Crippen LogP contribution in [0, 0.1) is 11.7 Å². The fraction of sp³-hybridized carbons (Fsp3) is 0.172. The van der Waals surface area contributed by atoms with E-state index in [2.05, 4.69) is 26.2 Å². The molecule has 0 saturated carbocycles. The van der Waals surface area contributed by atoms with E-state index in [1.807, 2.05) is 0 Å². The Balaban J connectivity index is 1.33. The van der Waals surface area contributed by atoms with E-state index in [1.54, 1.807) is 18.2 Å². The number of aromatic amines is 1. The van der Waals surface area contributed by atoms with E-state index in [0.717, 1.165) is 52.3 Å². The Kier molecular flexibility index (Phi) is 7.88. The number of aromatic nitrogens is 1. The van der Waals surface area contributed by atoms with Gasteiger partial charge < -0.3 is 15.0 Å². The molecular weight excluding hydrogens is 690 g/mol. The number of carbonyl (C=O) groups is 3. The van der Waals surface area contributed by atoms with Crippen LogP contribution in [0.15, 0.2) is 81.0 Å². The zero-order chi connectivity index (χ0) is 31.3. The Hall–Kier alpha value is -3.95. The molecule has 0 aliphatic carbocycles. The van der Waals surface area contributed by atoms with Crippen LogP contribution >= 0.6 is 39.0 Å². The van der Waals surface area contributed by atoms with Crippen molar-refractivity contribution in [3.8, 4) is 5.75 Å². The van der Waals surface area contributed by atoms with Gasteiger partial charge in [-0.3, -0.25) is 19.2 Å². The summed E-state index contributed by atoms with van der Waals surface area (Å²) in [4.78, 5) is 56.5. The number of nitrogens with one attached hydrogen (secondary N) is 2. The fourth-order valence-corrected chi connectivity index (χ4v) is 8.09. The molecule has 1 saturated heterocycles. The summed E-state index contributed by atoms with van der Waals surface area (Å²) in [5.41, 5.74) is -0.402. The van der Waals surface area contributed by atoms with Gasteiger partial charge in [0.1, 0.15) is 16.8 Å². The molecule has 3 amide bonds. The van der Waals surface area contributed by atoms with Gasteiger partial charge in [-0.15, -0.1) is 0 Å². The molecule has 0 unspecified atom stereocenters. The van der Waals surface area contributed by atoms with E-state index in [-0.39, 0.29) is 22.0 Å². The molecule has 1 aromatic heterocycles. The van der Waals surface area contributed by atoms with Crippen LogP contribution in [0.2, 0.25) is 0 Å². The van der Waals surface area contributed by atoms with Gasteiger partial charge in [-0.2, -0.15) is 13.2 Å². The number of benzene rings is 3. The number of imide groups is 1. The molecule has 2 aliphatic heterocycles. The van der Waals surface area contributed by atoms with Crippen LogP contribution in [0.25, 0.3) is 0 Å². The largest absolute Gasteiger partial charge is 0.483 e. The number of carbonyl (C=O) groups excluding carboxylic acids is 3. The highest BCUT2D eigenvalue weighted by molar-refractivity contribution is 9.10. The Labute approximate surface area is 262 Å². The van der Waals surface area contributed by atoms with Gasteiger partial charge in [-0.1, -0.05) is 45.1 Å². The average Bonchev–Trinajstić information content (AvgIpc) is 3.46. The predicted molar refractivity (Wildman–Crippen MR) is 159 cm³/mol. The van der Waals surface area contributed by atoms with Crippen molar-refractivity contribution in [1.82, 2.24) is 4.98 Å². The van der Waals surface area contributed by atoms with Gasteiger partial charge in [-0.05, 0) is 60.7 Å². The Morgan fingerprint density at radius 2 is 1.77 bits per heavy atom. The normalized spacial score (nSPS) is 19.5. The van der Waals surface area contributed by atoms with Crippen LogP contribution < -0.4 is 19.8 Å². The van der Waals surface area contributed by atoms with E-state index < -0.39 is 59.0 Å². The number of fused-ring (bicyclic) bond motifs is 2. The number of hydrogen-bond acceptors (Lipinski definition) is 7. The summed E-state index contributed by atoms with van der Waals surface area (Å²) in [5.74, 6) is -4.02. The molecule has 0 spiro atoms. The van der Waals surface area contributed by atoms with Crippen molar-refractivity contribution in [3.63, 3.8) is 0 Å². The number of nitrogens with zero attached hydrogens (tertiary/aromatic N) is 1. The van der Waals surface area contributed by atoms with Crippen LogP contribution in [0.3, 0.4) is 0 Å². The lowest BCUT2D eigenvalue weighted by atomic mass is 9.82. The van der Waals surface area contributed by atoms with Gasteiger partial charge in [0, 0.05) is 26.5 Å². The summed E-state index contributed by atoms with van der Waals surface area (Å²) in [7, 11) is 0. The van der Waals surface area contributed by atoms with Crippen molar-refractivity contribution in [3.05, 3.63) is 103 Å². The maximum Gasteiger partial charge on any atom is 0.416 e. The van der Waals surface area contributed by atoms with E-state index in [1.165, 1.54) is 24.3 Å². The lowest BCUT2D eigenvalue weighted by molar-refractivity contribution is -0.137. The molecule has 3 atom stereocenters. The summed E-state index contributed by atoms with van der Waals surface area (Å²) in [6, 6.07) is 13.9. The number of rotatable bonds is 6. The minimum Gasteiger partial charge on any atom is -0.483 e. The molecule has 2 aliphatic rings. The Morgan fingerprint density at radius 3 is 2.50 bits per heavy atom. The number of thioether (sulfide) groups is 1. The van der Waals surface area contributed by atoms with Gasteiger partial charge in [-0.25, -0.2) is 9.29 Å². The number of hydrogen-bond donors (Lipinski definition) is 2. The first-order valence-corrected chi connectivity index (χ1v) is 15.3. The molecule has 2 N–H and O–H groups in total. The molecule has 0 bridgehead atoms. The molecule has 3 heterocycles. The van der Waals surface area contributed by atoms with Crippen LogP contribution in [0.1, 0.15) is 21.9 Å². The average molecular weight is 709 g/mol. The summed E-state index contributed by atoms with van der Waals surface area (Å²) in [6.07, 6.45) is -4.59. The number of H-pyrrole nitrogens is 1. The first-order valence-electron chi connectivity index (χ1n) is 12.8. The van der Waals surface area contributed by atoms with Gasteiger partial charge in [0.2, 0.25) is 11.8 Å². The van der Waals surface area contributed by atoms with Gasteiger partial charge in [0.25, 0.3) is 5.91 Å². The Morgan fingerprint density at radius 1 is 1.02 bits per heavy atom. The third-order valence-corrected chi connectivity index (χ3v) is 9.94. The number of ether oxygens (including phenoxy) is 1. The first kappa shape index (κ1) is 30.1. The molecular formula is C29H18BrF4N3O5S2. The molecule has 8 nitrogen and oxygen atoms in total. The fourth-order valence-electron chi connectivity index (χ4n) is 5.20. The van der Waals surface area contributed by atoms with Crippen molar-refractivity contribution >= 4 is 68.1 Å². The maximum atomic E-state index is 13.9. The topological polar surface area (TPSA) is 109 Å². The van der Waals surface area contributed by atoms with E-state index >= 15 is 0 Å². The minimum absolute atomic E-state index is 0.0747. The van der Waals surface area contributed by atoms with Gasteiger partial charge >= 0.3 is 11.0 Å². The van der Waals surface area contributed by atoms with Gasteiger partial charge in [0.05, 0.1) is 22.2 Å². The maximum absolute atomic E-state index is 13.9. The number of halogens is 5. The van der Waals surface area contributed by atoms with Crippen LogP contribution in [0.5, 0.6) is 5.75 Å². The van der Waals surface area contributed by atoms with Crippen LogP contribution in [0.4, 0.5) is 28.9 Å². The molecule has 44 heavy (non-hydrogen) atoms. The first-order chi connectivity index (χ1) is 20.9. The monoisotopic (exact) mass is 707 g/mol. The van der Waals surface area contributed by atoms with Crippen molar-refractivity contribution in [2.24, 2.45) is 5.92 Å². The molecule has 3 aromatic carbocycles. The summed E-state index contributed by atoms with van der Waals surface area (Å²) in [6.45, 7) is -0.592. The molecule has 1 fully saturated rings. The number of thiazole rings is 1. The number of alkyl halides is 3. The summed E-state index contributed by atoms with van der Waals surface area (Å²) >= 11 is 5.36. The third kappa shape index (κ3) is 5.66. The minimum atomic E-state index is -4.59. The second-order valence-corrected chi connectivity index (χ2v) is 12.9. The highest BCUT2D eigenvalue weighted by atomic mass is 79.9. The quantitative estimate of drug-likeness (QED) is 0.183. The zero-order valence-corrected chi connectivity index (χ0v) is 25.2. The van der Waals surface area contributed by atoms with Crippen molar-refractivity contribution < 1.29 is 36.7 Å². The van der Waals surface area contributed by atoms with Gasteiger partial charge in [0.15, 0.2) is 6.61 Å². The van der Waals surface area contributed by atoms with Crippen LogP contribution in [-0.2, 0) is 20.6 Å². The van der Waals surface area contributed by atoms with Crippen molar-refractivity contribution in [2.45, 2.75) is 22.4 Å². The van der Waals surface area contributed by atoms with Crippen molar-refractivity contribution in [2.75, 3.05) is 16.8 Å². The highest BCUT2D eigenvalue weighted by Crippen LogP contribution is 2.54. The van der Waals surface area contributed by atoms with Crippen LogP contribution in [-0.4, -0.2) is 34.6 Å². The van der Waals surface area contributed by atoms with E-state index in [0.29, 0.717) is 19.9 Å². The van der Waals surface area contributed by atoms with E-state index in [9.17, 15) is 36.7 Å². The second kappa shape index (κ2) is 11.5. The molecule has 6 rings (SSSR count). The number of amides is 3. The molecule has 0 radical (unpaired) electrons. The SMILES string of the molecule is O=C(COc1ccc(Br)cc1[C@@H]1c2sc(=O)[nH]c2S[C@H]2C(=O)N(c3ccc(F)cc3)C(=O)[C@@H]12)Nc1cccc(C(F)(F)F)c1. The molecule has 15 heteroatoms. The highest BCUT2D eigenvalue weighted by Gasteiger charge is 2.57. The lowest BCUT2D eigenvalue weighted by Crippen LogP contribution is -2.32. The smallest absolute Gasteiger partial charge is 0.416 e. The second-order valence-electron chi connectivity index (χ2n) is 9.84. The standard InChI is InChI=1S/C29H18BrF4N3O5S2/c30-14-4-9-19(42-12-20(38)35-16-3-1-2-13(10-16)29(32,33)34)18(11-14)21-22-24(43-25-23(21)44-28(41)36-25)27(40)37(26(22)39)17-7-5-15(31)6-8-17/h1-11,21-22,24H,12H2,(H,35,38)(H,36,41)/t21-,22-,24+/m0/s1. The molecule has 226 valence electrons. The zero-order valence-electron chi connectivity index (χ0n) is 22.0. The lowest BCUT2D eigenvalue weighted by Gasteiger charge is -2.31. The van der Waals surface area contributed by atoms with E-state index in [4.69, 9.17) is 4.74 Å². The summed E-state index contributed by atoms with van der Waals surface area (Å²) in [5, 5.41) is 1.87. The predicted octanol–water partition coefficient (Wildman–Crippen LogP) is 6.17. The summed E-state index contributed by atoms with van der Waals surface area (Å²) < 4.78 is 59.3. The Bertz CT molecular complexity index is 1860. The third-order valence-electron chi connectivity index (χ3n) is 7.05. The molecule has 4 aromatic rings.